The number of thiophene rings is 1. The molecule has 0 amide bonds. The first kappa shape index (κ1) is 19.7. The number of aromatic nitrogens is 5. The minimum Gasteiger partial charge on any atom is -0.382 e. The Balaban J connectivity index is 1.45. The fourth-order valence-electron chi connectivity index (χ4n) is 4.22. The topological polar surface area (TPSA) is 82.3 Å². The van der Waals surface area contributed by atoms with E-state index in [0.717, 1.165) is 55.6 Å². The van der Waals surface area contributed by atoms with Crippen molar-refractivity contribution in [3.8, 4) is 33.0 Å². The molecule has 6 nitrogen and oxygen atoms in total. The van der Waals surface area contributed by atoms with Crippen molar-refractivity contribution < 1.29 is 0 Å². The average Bonchev–Trinajstić information content (AvgIpc) is 3.57. The number of pyridine rings is 2. The van der Waals surface area contributed by atoms with Crippen molar-refractivity contribution in [1.29, 1.82) is 0 Å². The maximum atomic E-state index is 4.64. The van der Waals surface area contributed by atoms with Gasteiger partial charge in [-0.3, -0.25) is 15.1 Å². The molecule has 0 bridgehead atoms. The van der Waals surface area contributed by atoms with Crippen LogP contribution in [-0.2, 0) is 0 Å². The van der Waals surface area contributed by atoms with E-state index in [1.165, 1.54) is 4.88 Å². The molecule has 0 fully saturated rings. The third-order valence-corrected chi connectivity index (χ3v) is 6.58. The van der Waals surface area contributed by atoms with Gasteiger partial charge >= 0.3 is 0 Å². The molecule has 6 rings (SSSR count). The van der Waals surface area contributed by atoms with Crippen LogP contribution >= 0.6 is 11.3 Å². The van der Waals surface area contributed by atoms with E-state index in [1.807, 2.05) is 24.8 Å². The molecule has 0 aliphatic carbocycles. The van der Waals surface area contributed by atoms with Crippen LogP contribution in [0.15, 0.2) is 72.6 Å². The number of rotatable bonds is 5. The molecule has 0 saturated carbocycles. The molecular formula is C26H22N6S. The summed E-state index contributed by atoms with van der Waals surface area (Å²) < 4.78 is 0. The second-order valence-electron chi connectivity index (χ2n) is 8.40. The number of nitrogens with zero attached hydrogens (tertiary/aromatic N) is 3. The monoisotopic (exact) mass is 450 g/mol. The summed E-state index contributed by atoms with van der Waals surface area (Å²) in [4.78, 5) is 13.6. The molecule has 0 aliphatic heterocycles. The number of hydrogen-bond donors (Lipinski definition) is 3. The van der Waals surface area contributed by atoms with Crippen molar-refractivity contribution >= 4 is 38.8 Å². The second kappa shape index (κ2) is 7.86. The summed E-state index contributed by atoms with van der Waals surface area (Å²) in [6, 6.07) is 15.2. The minimum atomic E-state index is 0.348. The zero-order valence-electron chi connectivity index (χ0n) is 18.3. The standard InChI is InChI=1S/C26H22N6S/c1-15(2)29-18-8-17(11-27-12-18)16-5-6-22-20(9-16)26(32-31-22)23-10-19-21(25-4-3-7-33-25)13-28-14-24(19)30-23/h3-15,29-30H,1-2H3,(H,31,32). The van der Waals surface area contributed by atoms with Crippen LogP contribution in [0.2, 0.25) is 0 Å². The molecule has 5 heterocycles. The van der Waals surface area contributed by atoms with Crippen LogP contribution in [0, 0.1) is 0 Å². The summed E-state index contributed by atoms with van der Waals surface area (Å²) in [5.41, 5.74) is 8.16. The molecule has 0 saturated heterocycles. The molecule has 33 heavy (non-hydrogen) atoms. The van der Waals surface area contributed by atoms with E-state index in [4.69, 9.17) is 0 Å². The maximum Gasteiger partial charge on any atom is 0.116 e. The Labute approximate surface area is 194 Å². The first-order chi connectivity index (χ1) is 16.2. The Morgan fingerprint density at radius 2 is 1.79 bits per heavy atom. The molecule has 3 N–H and O–H groups in total. The molecule has 0 atom stereocenters. The molecule has 0 unspecified atom stereocenters. The van der Waals surface area contributed by atoms with Gasteiger partial charge in [0.25, 0.3) is 0 Å². The van der Waals surface area contributed by atoms with Gasteiger partial charge in [0.05, 0.1) is 28.6 Å². The number of aromatic amines is 2. The van der Waals surface area contributed by atoms with Crippen molar-refractivity contribution in [2.45, 2.75) is 19.9 Å². The van der Waals surface area contributed by atoms with Gasteiger partial charge in [0.15, 0.2) is 0 Å². The van der Waals surface area contributed by atoms with Crippen molar-refractivity contribution in [3.05, 3.63) is 72.6 Å². The van der Waals surface area contributed by atoms with Gasteiger partial charge < -0.3 is 10.3 Å². The highest BCUT2D eigenvalue weighted by Gasteiger charge is 2.15. The Morgan fingerprint density at radius 3 is 2.64 bits per heavy atom. The number of nitrogens with one attached hydrogen (secondary N) is 3. The van der Waals surface area contributed by atoms with Crippen LogP contribution in [0.3, 0.4) is 0 Å². The number of anilines is 1. The molecule has 0 spiro atoms. The van der Waals surface area contributed by atoms with Gasteiger partial charge in [-0.05, 0) is 55.1 Å². The van der Waals surface area contributed by atoms with Crippen LogP contribution in [-0.4, -0.2) is 31.2 Å². The summed E-state index contributed by atoms with van der Waals surface area (Å²) >= 11 is 1.72. The predicted octanol–water partition coefficient (Wildman–Crippen LogP) is 6.72. The zero-order valence-corrected chi connectivity index (χ0v) is 19.1. The zero-order chi connectivity index (χ0) is 22.4. The third kappa shape index (κ3) is 3.56. The number of H-pyrrole nitrogens is 2. The first-order valence-corrected chi connectivity index (χ1v) is 11.7. The van der Waals surface area contributed by atoms with Crippen LogP contribution in [0.1, 0.15) is 13.8 Å². The first-order valence-electron chi connectivity index (χ1n) is 10.9. The van der Waals surface area contributed by atoms with E-state index in [1.54, 1.807) is 11.3 Å². The van der Waals surface area contributed by atoms with Crippen LogP contribution in [0.5, 0.6) is 0 Å². The Hall–Kier alpha value is -3.97. The lowest BCUT2D eigenvalue weighted by molar-refractivity contribution is 0.898. The highest BCUT2D eigenvalue weighted by molar-refractivity contribution is 7.13. The Kier molecular flexibility index (Phi) is 4.69. The van der Waals surface area contributed by atoms with Crippen molar-refractivity contribution in [2.24, 2.45) is 0 Å². The van der Waals surface area contributed by atoms with E-state index in [9.17, 15) is 0 Å². The van der Waals surface area contributed by atoms with Gasteiger partial charge in [-0.1, -0.05) is 12.1 Å². The van der Waals surface area contributed by atoms with E-state index < -0.39 is 0 Å². The molecular weight excluding hydrogens is 428 g/mol. The fourth-order valence-corrected chi connectivity index (χ4v) is 4.97. The molecule has 5 aromatic heterocycles. The lowest BCUT2D eigenvalue weighted by Gasteiger charge is -2.11. The number of benzene rings is 1. The summed E-state index contributed by atoms with van der Waals surface area (Å²) in [5, 5.41) is 15.5. The van der Waals surface area contributed by atoms with Crippen molar-refractivity contribution in [2.75, 3.05) is 5.32 Å². The molecule has 0 radical (unpaired) electrons. The minimum absolute atomic E-state index is 0.348. The Morgan fingerprint density at radius 1 is 0.879 bits per heavy atom. The van der Waals surface area contributed by atoms with E-state index >= 15 is 0 Å². The third-order valence-electron chi connectivity index (χ3n) is 5.68. The largest absolute Gasteiger partial charge is 0.382 e. The summed E-state index contributed by atoms with van der Waals surface area (Å²) in [5.74, 6) is 0. The number of fused-ring (bicyclic) bond motifs is 2. The SMILES string of the molecule is CC(C)Nc1cncc(-c2ccc3[nH]nc(-c4cc5c(-c6cccs6)cncc5[nH]4)c3c2)c1. The van der Waals surface area contributed by atoms with Gasteiger partial charge in [0.2, 0.25) is 0 Å². The van der Waals surface area contributed by atoms with E-state index in [0.29, 0.717) is 6.04 Å². The van der Waals surface area contributed by atoms with Gasteiger partial charge in [-0.2, -0.15) is 5.10 Å². The van der Waals surface area contributed by atoms with Gasteiger partial charge in [0, 0.05) is 51.4 Å². The Bertz CT molecular complexity index is 1580. The molecule has 7 heteroatoms. The number of hydrogen-bond acceptors (Lipinski definition) is 5. The fraction of sp³-hybridized carbons (Fsp3) is 0.115. The highest BCUT2D eigenvalue weighted by Crippen LogP contribution is 2.36. The summed E-state index contributed by atoms with van der Waals surface area (Å²) in [6.07, 6.45) is 7.55. The highest BCUT2D eigenvalue weighted by atomic mass is 32.1. The van der Waals surface area contributed by atoms with Crippen LogP contribution < -0.4 is 5.32 Å². The normalized spacial score (nSPS) is 11.6. The smallest absolute Gasteiger partial charge is 0.116 e. The molecule has 6 aromatic rings. The summed E-state index contributed by atoms with van der Waals surface area (Å²) in [7, 11) is 0. The average molecular weight is 451 g/mol. The summed E-state index contributed by atoms with van der Waals surface area (Å²) in [6.45, 7) is 4.24. The van der Waals surface area contributed by atoms with Crippen LogP contribution in [0.25, 0.3) is 54.8 Å². The van der Waals surface area contributed by atoms with E-state index in [-0.39, 0.29) is 0 Å². The lowest BCUT2D eigenvalue weighted by atomic mass is 10.0. The van der Waals surface area contributed by atoms with E-state index in [2.05, 4.69) is 92.2 Å². The predicted molar refractivity (Wildman–Crippen MR) is 136 cm³/mol. The van der Waals surface area contributed by atoms with Crippen molar-refractivity contribution in [1.82, 2.24) is 25.1 Å². The quantitative estimate of drug-likeness (QED) is 0.272. The van der Waals surface area contributed by atoms with Gasteiger partial charge in [-0.15, -0.1) is 11.3 Å². The van der Waals surface area contributed by atoms with Crippen LogP contribution in [0.4, 0.5) is 5.69 Å². The molecule has 1 aromatic carbocycles. The maximum absolute atomic E-state index is 4.64. The molecule has 0 aliphatic rings. The second-order valence-corrected chi connectivity index (χ2v) is 9.35. The van der Waals surface area contributed by atoms with Gasteiger partial charge in [0.1, 0.15) is 5.69 Å². The lowest BCUT2D eigenvalue weighted by Crippen LogP contribution is -2.09. The van der Waals surface area contributed by atoms with Gasteiger partial charge in [-0.25, -0.2) is 0 Å². The molecule has 162 valence electrons. The van der Waals surface area contributed by atoms with Crippen molar-refractivity contribution in [3.63, 3.8) is 0 Å².